The van der Waals surface area contributed by atoms with Crippen LogP contribution in [0.25, 0.3) is 0 Å². The van der Waals surface area contributed by atoms with Crippen molar-refractivity contribution < 1.29 is 26.8 Å². The van der Waals surface area contributed by atoms with E-state index in [4.69, 9.17) is 11.6 Å². The van der Waals surface area contributed by atoms with Gasteiger partial charge in [-0.3, -0.25) is 9.59 Å². The van der Waals surface area contributed by atoms with Crippen LogP contribution in [0.3, 0.4) is 0 Å². The Balaban J connectivity index is 2.24. The molecule has 0 aliphatic carbocycles. The van der Waals surface area contributed by atoms with Gasteiger partial charge in [0.25, 0.3) is 0 Å². The molecule has 150 valence electrons. The van der Waals surface area contributed by atoms with Gasteiger partial charge in [-0.05, 0) is 29.8 Å². The van der Waals surface area contributed by atoms with Crippen molar-refractivity contribution in [2.24, 2.45) is 0 Å². The lowest BCUT2D eigenvalue weighted by Crippen LogP contribution is -2.30. The molecule has 0 saturated heterocycles. The summed E-state index contributed by atoms with van der Waals surface area (Å²) in [7, 11) is -4.89. The average Bonchev–Trinajstić information content (AvgIpc) is 2.61. The zero-order chi connectivity index (χ0) is 20.9. The van der Waals surface area contributed by atoms with E-state index in [2.05, 4.69) is 10.6 Å². The topological polar surface area (TPSA) is 92.3 Å². The van der Waals surface area contributed by atoms with Crippen LogP contribution in [0.5, 0.6) is 0 Å². The number of carbonyl (C=O) groups excluding carboxylic acids is 2. The molecule has 0 aliphatic rings. The highest BCUT2D eigenvalue weighted by Gasteiger charge is 2.29. The first-order chi connectivity index (χ1) is 13.1. The molecular formula is C18H17ClF2N2O4S. The molecule has 0 aliphatic heterocycles. The maximum atomic E-state index is 12.9. The first-order valence-electron chi connectivity index (χ1n) is 8.04. The van der Waals surface area contributed by atoms with Crippen LogP contribution in [-0.4, -0.2) is 26.0 Å². The van der Waals surface area contributed by atoms with Crippen LogP contribution in [0.1, 0.15) is 24.9 Å². The minimum absolute atomic E-state index is 0.246. The summed E-state index contributed by atoms with van der Waals surface area (Å²) in [6.07, 6.45) is -0.246. The van der Waals surface area contributed by atoms with Gasteiger partial charge in [0, 0.05) is 11.9 Å². The molecule has 6 nitrogen and oxygen atoms in total. The maximum Gasteiger partial charge on any atom is 0.341 e. The Kier molecular flexibility index (Phi) is 7.09. The lowest BCUT2D eigenvalue weighted by molar-refractivity contribution is -0.120. The second-order valence-electron chi connectivity index (χ2n) is 5.86. The van der Waals surface area contributed by atoms with E-state index in [1.807, 2.05) is 0 Å². The number of amides is 2. The summed E-state index contributed by atoms with van der Waals surface area (Å²) in [5.74, 6) is -4.66. The third-order valence-electron chi connectivity index (χ3n) is 3.74. The van der Waals surface area contributed by atoms with E-state index in [0.717, 1.165) is 6.07 Å². The monoisotopic (exact) mass is 430 g/mol. The van der Waals surface area contributed by atoms with Gasteiger partial charge in [-0.25, -0.2) is 8.42 Å². The van der Waals surface area contributed by atoms with Crippen LogP contribution < -0.4 is 10.6 Å². The van der Waals surface area contributed by atoms with Crippen molar-refractivity contribution in [3.8, 4) is 0 Å². The average molecular weight is 431 g/mol. The standard InChI is InChI=1S/C18H17ClF2N2O4S/c1-11(24)22-15(12-6-8-13(19)9-7-12)10-17(25)23-14-4-2-3-5-16(14)28(26,27)18(20)21/h2-9,15,18H,10H2,1H3,(H,22,24)(H,23,25). The van der Waals surface area contributed by atoms with E-state index < -0.39 is 32.4 Å². The first-order valence-corrected chi connectivity index (χ1v) is 9.97. The third-order valence-corrected chi connectivity index (χ3v) is 5.43. The molecule has 28 heavy (non-hydrogen) atoms. The smallest absolute Gasteiger partial charge is 0.341 e. The Morgan fingerprint density at radius 3 is 2.25 bits per heavy atom. The molecule has 0 aromatic heterocycles. The number of para-hydroxylation sites is 1. The number of benzene rings is 2. The van der Waals surface area contributed by atoms with Gasteiger partial charge < -0.3 is 10.6 Å². The zero-order valence-electron chi connectivity index (χ0n) is 14.7. The summed E-state index contributed by atoms with van der Waals surface area (Å²) < 4.78 is 49.3. The van der Waals surface area contributed by atoms with Gasteiger partial charge in [-0.2, -0.15) is 8.78 Å². The Morgan fingerprint density at radius 1 is 1.07 bits per heavy atom. The van der Waals surface area contributed by atoms with Gasteiger partial charge in [0.15, 0.2) is 0 Å². The molecule has 2 aromatic carbocycles. The molecule has 2 N–H and O–H groups in total. The predicted molar refractivity (Wildman–Crippen MR) is 101 cm³/mol. The highest BCUT2D eigenvalue weighted by molar-refractivity contribution is 7.91. The van der Waals surface area contributed by atoms with Crippen LogP contribution in [0.2, 0.25) is 5.02 Å². The largest absolute Gasteiger partial charge is 0.349 e. The number of anilines is 1. The number of sulfone groups is 1. The Bertz CT molecular complexity index is 966. The second-order valence-corrected chi connectivity index (χ2v) is 8.18. The summed E-state index contributed by atoms with van der Waals surface area (Å²) in [5, 5.41) is 5.41. The van der Waals surface area contributed by atoms with Crippen molar-refractivity contribution in [1.29, 1.82) is 0 Å². The molecule has 0 heterocycles. The van der Waals surface area contributed by atoms with Gasteiger partial charge in [-0.1, -0.05) is 35.9 Å². The summed E-state index contributed by atoms with van der Waals surface area (Å²) in [6, 6.07) is 10.6. The van der Waals surface area contributed by atoms with Gasteiger partial charge in [0.2, 0.25) is 21.7 Å². The quantitative estimate of drug-likeness (QED) is 0.702. The SMILES string of the molecule is CC(=O)NC(CC(=O)Nc1ccccc1S(=O)(=O)C(F)F)c1ccc(Cl)cc1. The fraction of sp³-hybridized carbons (Fsp3) is 0.222. The van der Waals surface area contributed by atoms with E-state index in [0.29, 0.717) is 10.6 Å². The van der Waals surface area contributed by atoms with Crippen LogP contribution in [0.15, 0.2) is 53.4 Å². The van der Waals surface area contributed by atoms with Gasteiger partial charge in [0.1, 0.15) is 0 Å². The lowest BCUT2D eigenvalue weighted by atomic mass is 10.0. The van der Waals surface area contributed by atoms with Crippen molar-refractivity contribution in [3.63, 3.8) is 0 Å². The highest BCUT2D eigenvalue weighted by atomic mass is 35.5. The molecule has 1 unspecified atom stereocenters. The van der Waals surface area contributed by atoms with Crippen molar-refractivity contribution in [1.82, 2.24) is 5.32 Å². The van der Waals surface area contributed by atoms with Gasteiger partial charge in [-0.15, -0.1) is 0 Å². The fourth-order valence-corrected chi connectivity index (χ4v) is 3.51. The number of rotatable bonds is 7. The zero-order valence-corrected chi connectivity index (χ0v) is 16.2. The minimum atomic E-state index is -4.89. The Hall–Kier alpha value is -2.52. The number of nitrogens with one attached hydrogen (secondary N) is 2. The Labute approximate surface area is 165 Å². The lowest BCUT2D eigenvalue weighted by Gasteiger charge is -2.19. The van der Waals surface area contributed by atoms with Crippen LogP contribution >= 0.6 is 11.6 Å². The van der Waals surface area contributed by atoms with Crippen molar-refractivity contribution in [3.05, 3.63) is 59.1 Å². The van der Waals surface area contributed by atoms with Gasteiger partial charge in [0.05, 0.1) is 23.0 Å². The number of hydrogen-bond acceptors (Lipinski definition) is 4. The van der Waals surface area contributed by atoms with E-state index >= 15 is 0 Å². The van der Waals surface area contributed by atoms with Crippen LogP contribution in [0.4, 0.5) is 14.5 Å². The molecule has 2 aromatic rings. The molecule has 1 atom stereocenters. The first kappa shape index (κ1) is 21.8. The number of alkyl halides is 2. The van der Waals surface area contributed by atoms with E-state index in [9.17, 15) is 26.8 Å². The normalized spacial score (nSPS) is 12.5. The maximum absolute atomic E-state index is 12.9. The van der Waals surface area contributed by atoms with E-state index in [-0.39, 0.29) is 18.0 Å². The van der Waals surface area contributed by atoms with E-state index in [1.54, 1.807) is 24.3 Å². The van der Waals surface area contributed by atoms with Crippen LogP contribution in [-0.2, 0) is 19.4 Å². The second kappa shape index (κ2) is 9.11. The van der Waals surface area contributed by atoms with Crippen molar-refractivity contribution in [2.75, 3.05) is 5.32 Å². The summed E-state index contributed by atoms with van der Waals surface area (Å²) in [4.78, 5) is 23.2. The molecule has 10 heteroatoms. The fourth-order valence-electron chi connectivity index (χ4n) is 2.49. The van der Waals surface area contributed by atoms with Crippen molar-refractivity contribution >= 4 is 38.9 Å². The molecule has 0 bridgehead atoms. The molecule has 0 saturated carbocycles. The van der Waals surface area contributed by atoms with Crippen molar-refractivity contribution in [2.45, 2.75) is 30.0 Å². The Morgan fingerprint density at radius 2 is 1.68 bits per heavy atom. The summed E-state index contributed by atoms with van der Waals surface area (Å²) in [6.45, 7) is 1.28. The number of halogens is 3. The highest BCUT2D eigenvalue weighted by Crippen LogP contribution is 2.27. The van der Waals surface area contributed by atoms with Crippen LogP contribution in [0, 0.1) is 0 Å². The molecule has 2 rings (SSSR count). The minimum Gasteiger partial charge on any atom is -0.349 e. The molecule has 0 radical (unpaired) electrons. The molecular weight excluding hydrogens is 414 g/mol. The van der Waals surface area contributed by atoms with E-state index in [1.165, 1.54) is 25.1 Å². The molecule has 0 spiro atoms. The molecule has 0 fully saturated rings. The number of hydrogen-bond donors (Lipinski definition) is 2. The predicted octanol–water partition coefficient (Wildman–Crippen LogP) is 3.54. The molecule has 2 amide bonds. The summed E-state index contributed by atoms with van der Waals surface area (Å²) >= 11 is 5.84. The van der Waals surface area contributed by atoms with Gasteiger partial charge >= 0.3 is 5.76 Å². The summed E-state index contributed by atoms with van der Waals surface area (Å²) in [5.41, 5.74) is 0.341. The third kappa shape index (κ3) is 5.49. The number of carbonyl (C=O) groups is 2.